The van der Waals surface area contributed by atoms with E-state index in [9.17, 15) is 18.4 Å². The summed E-state index contributed by atoms with van der Waals surface area (Å²) in [4.78, 5) is 37.5. The molecule has 514 valence electrons. The maximum absolute atomic E-state index is 14.3. The van der Waals surface area contributed by atoms with Crippen LogP contribution >= 0.6 is 0 Å². The second-order valence-electron chi connectivity index (χ2n) is 29.9. The molecule has 0 bridgehead atoms. The van der Waals surface area contributed by atoms with Crippen molar-refractivity contribution in [3.8, 4) is 112 Å². The Morgan fingerprint density at radius 2 is 0.734 bits per heavy atom. The number of aryl methyl sites for hydroxylation is 2. The highest BCUT2D eigenvalue weighted by Crippen LogP contribution is 2.55. The molecule has 4 heterocycles. The molecule has 2 aliphatic rings. The first-order valence-electron chi connectivity index (χ1n) is 36.8. The number of nitrogens with zero attached hydrogens (tertiary/aromatic N) is 6. The van der Waals surface area contributed by atoms with Gasteiger partial charge >= 0.3 is 11.4 Å². The Kier molecular flexibility index (Phi) is 13.2. The number of hydrogen-bond acceptors (Lipinski definition) is 4. The van der Waals surface area contributed by atoms with Crippen LogP contribution in [-0.2, 0) is 19.5 Å². The molecule has 16 aromatic carbocycles. The van der Waals surface area contributed by atoms with Gasteiger partial charge in [-0.3, -0.25) is 28.2 Å². The lowest BCUT2D eigenvalue weighted by Crippen LogP contribution is -2.20. The summed E-state index contributed by atoms with van der Waals surface area (Å²) >= 11 is 0. The topological polar surface area (TPSA) is 79.6 Å². The van der Waals surface area contributed by atoms with Crippen LogP contribution in [0.1, 0.15) is 25.0 Å². The SMILES string of the molecule is Cn1c(=O)n(-c2ccc(F)cc2)c2c3cc(-c4ccc5c(c4)-c4ccc(-c6ccc7c8c(cccc68)-c6cc(-c8ccc9cc(-c%10c%11ccccc%11c(-c%11ccc%12ccccc%12c%11)c%11ccc(-c%12ccc%13ncc%14c(c%13c%12)n(-c%12ccc(F)cc%12)c(=O)n%14C)cc%10%11)ccc9c8)ccc6-7)cc4C5(C)C)ccc3ncc21. The Hall–Kier alpha value is -14.0. The van der Waals surface area contributed by atoms with Crippen LogP contribution in [0.15, 0.2) is 313 Å². The average Bonchev–Trinajstić information content (AvgIpc) is 1.71. The molecule has 0 atom stereocenters. The van der Waals surface area contributed by atoms with E-state index in [0.29, 0.717) is 27.9 Å². The normalized spacial score (nSPS) is 12.8. The molecule has 0 N–H and O–H groups in total. The Morgan fingerprint density at radius 3 is 1.37 bits per heavy atom. The third-order valence-corrected chi connectivity index (χ3v) is 23.8. The number of rotatable bonds is 8. The lowest BCUT2D eigenvalue weighted by Gasteiger charge is -2.22. The maximum Gasteiger partial charge on any atom is 0.333 e. The summed E-state index contributed by atoms with van der Waals surface area (Å²) < 4.78 is 35.0. The van der Waals surface area contributed by atoms with Gasteiger partial charge in [0.1, 0.15) is 11.6 Å². The molecule has 20 aromatic rings. The Labute approximate surface area is 623 Å². The minimum Gasteiger partial charge on any atom is -0.293 e. The molecular formula is C99H62F2N6O2. The molecule has 4 aromatic heterocycles. The summed E-state index contributed by atoms with van der Waals surface area (Å²) in [7, 11) is 3.50. The summed E-state index contributed by atoms with van der Waals surface area (Å²) in [5, 5.41) is 13.4. The van der Waals surface area contributed by atoms with Gasteiger partial charge in [0.25, 0.3) is 0 Å². The van der Waals surface area contributed by atoms with Gasteiger partial charge in [-0.05, 0) is 280 Å². The smallest absolute Gasteiger partial charge is 0.293 e. The number of fused-ring (bicyclic) bond motifs is 16. The zero-order valence-corrected chi connectivity index (χ0v) is 59.6. The summed E-state index contributed by atoms with van der Waals surface area (Å²) in [5.74, 6) is -0.734. The largest absolute Gasteiger partial charge is 0.333 e. The third kappa shape index (κ3) is 9.21. The number of pyridine rings is 2. The van der Waals surface area contributed by atoms with Crippen LogP contribution in [0.2, 0.25) is 0 Å². The molecule has 0 radical (unpaired) electrons. The molecule has 109 heavy (non-hydrogen) atoms. The molecule has 10 heteroatoms. The lowest BCUT2D eigenvalue weighted by atomic mass is 9.81. The van der Waals surface area contributed by atoms with Gasteiger partial charge in [-0.25, -0.2) is 18.4 Å². The van der Waals surface area contributed by atoms with Crippen LogP contribution in [0.4, 0.5) is 8.78 Å². The van der Waals surface area contributed by atoms with E-state index in [4.69, 9.17) is 9.97 Å². The van der Waals surface area contributed by atoms with Crippen LogP contribution in [0.5, 0.6) is 0 Å². The van der Waals surface area contributed by atoms with Crippen molar-refractivity contribution < 1.29 is 8.78 Å². The number of benzene rings is 16. The standard InChI is InChI=1S/C99H62F2N6O2/c1-99(2)86-41-25-62(64-27-43-89-85(51-64)96-91(54-103-89)105(4)98(109)107(96)71-34-30-69(101)31-35-71)48-82(86)74-37-24-65(52-87(74)99)72-39-40-79-73-36-22-60(47-81(73)78-15-9-14-75(72)94(78)79)58-17-18-59-46-67(21-19-57(59)44-58)93-77-13-8-7-12-76(77)92(66-20-16-55-10-5-6-11-56(55)45-66)80-38-23-61(49-83(80)93)63-26-42-88-84(50-63)95-90(53-102-88)104(3)97(108)106(95)70-32-28-68(100)29-33-70/h5-54H,1-4H3. The van der Waals surface area contributed by atoms with Crippen LogP contribution in [0.25, 0.3) is 209 Å². The van der Waals surface area contributed by atoms with E-state index in [2.05, 4.69) is 244 Å². The van der Waals surface area contributed by atoms with Gasteiger partial charge in [0.15, 0.2) is 0 Å². The highest BCUT2D eigenvalue weighted by Gasteiger charge is 2.37. The molecular weight excluding hydrogens is 1340 g/mol. The molecule has 0 spiro atoms. The molecule has 0 amide bonds. The number of imidazole rings is 2. The van der Waals surface area contributed by atoms with Crippen LogP contribution < -0.4 is 11.4 Å². The fourth-order valence-electron chi connectivity index (χ4n) is 18.3. The molecule has 0 saturated carbocycles. The minimum atomic E-state index is -0.371. The monoisotopic (exact) mass is 1400 g/mol. The highest BCUT2D eigenvalue weighted by atomic mass is 19.1. The zero-order chi connectivity index (χ0) is 73.0. The minimum absolute atomic E-state index is 0.224. The van der Waals surface area contributed by atoms with Gasteiger partial charge in [0.05, 0.1) is 56.9 Å². The van der Waals surface area contributed by atoms with E-state index in [1.54, 1.807) is 69.0 Å². The number of aromatic nitrogens is 6. The summed E-state index contributed by atoms with van der Waals surface area (Å²) in [5.41, 5.74) is 28.0. The van der Waals surface area contributed by atoms with E-state index >= 15 is 0 Å². The van der Waals surface area contributed by atoms with Crippen molar-refractivity contribution in [3.63, 3.8) is 0 Å². The average molecular weight is 1410 g/mol. The van der Waals surface area contributed by atoms with E-state index in [1.165, 1.54) is 112 Å². The van der Waals surface area contributed by atoms with Crippen molar-refractivity contribution in [2.45, 2.75) is 19.3 Å². The maximum atomic E-state index is 14.3. The Morgan fingerprint density at radius 1 is 0.303 bits per heavy atom. The number of halogens is 2. The van der Waals surface area contributed by atoms with Crippen molar-refractivity contribution in [1.82, 2.24) is 28.2 Å². The molecule has 0 unspecified atom stereocenters. The van der Waals surface area contributed by atoms with Gasteiger partial charge in [0.2, 0.25) is 0 Å². The van der Waals surface area contributed by atoms with E-state index < -0.39 is 0 Å². The molecule has 0 fully saturated rings. The predicted molar refractivity (Wildman–Crippen MR) is 443 cm³/mol. The fraction of sp³-hybridized carbons (Fsp3) is 0.0505. The first-order chi connectivity index (χ1) is 53.2. The van der Waals surface area contributed by atoms with Crippen molar-refractivity contribution in [3.05, 3.63) is 347 Å². The van der Waals surface area contributed by atoms with Crippen molar-refractivity contribution in [2.24, 2.45) is 14.1 Å². The predicted octanol–water partition coefficient (Wildman–Crippen LogP) is 24.1. The van der Waals surface area contributed by atoms with Gasteiger partial charge in [-0.15, -0.1) is 0 Å². The summed E-state index contributed by atoms with van der Waals surface area (Å²) in [6, 6.07) is 102. The highest BCUT2D eigenvalue weighted by molar-refractivity contribution is 6.24. The van der Waals surface area contributed by atoms with Gasteiger partial charge in [-0.1, -0.05) is 190 Å². The summed E-state index contributed by atoms with van der Waals surface area (Å²) in [6.07, 6.45) is 3.49. The van der Waals surface area contributed by atoms with E-state index in [1.807, 2.05) is 12.1 Å². The van der Waals surface area contributed by atoms with Gasteiger partial charge in [-0.2, -0.15) is 0 Å². The zero-order valence-electron chi connectivity index (χ0n) is 59.6. The van der Waals surface area contributed by atoms with Crippen LogP contribution in [0.3, 0.4) is 0 Å². The Bertz CT molecular complexity index is 7610. The lowest BCUT2D eigenvalue weighted by molar-refractivity contribution is 0.627. The van der Waals surface area contributed by atoms with Crippen LogP contribution in [-0.4, -0.2) is 28.2 Å². The molecule has 0 saturated heterocycles. The second-order valence-corrected chi connectivity index (χ2v) is 29.9. The first kappa shape index (κ1) is 62.4. The third-order valence-electron chi connectivity index (χ3n) is 23.8. The van der Waals surface area contributed by atoms with E-state index in [0.717, 1.165) is 104 Å². The van der Waals surface area contributed by atoms with Crippen molar-refractivity contribution in [2.75, 3.05) is 0 Å². The molecule has 8 nitrogen and oxygen atoms in total. The van der Waals surface area contributed by atoms with Crippen molar-refractivity contribution in [1.29, 1.82) is 0 Å². The van der Waals surface area contributed by atoms with Crippen molar-refractivity contribution >= 4 is 97.7 Å². The molecule has 22 rings (SSSR count). The summed E-state index contributed by atoms with van der Waals surface area (Å²) in [6.45, 7) is 4.67. The second kappa shape index (κ2) is 23.0. The molecule has 0 aliphatic heterocycles. The first-order valence-corrected chi connectivity index (χ1v) is 36.8. The van der Waals surface area contributed by atoms with Gasteiger partial charge < -0.3 is 0 Å². The quantitative estimate of drug-likeness (QED) is 0.142. The fourth-order valence-corrected chi connectivity index (χ4v) is 18.3. The molecule has 2 aliphatic carbocycles. The van der Waals surface area contributed by atoms with E-state index in [-0.39, 0.29) is 28.4 Å². The van der Waals surface area contributed by atoms with Crippen LogP contribution in [0, 0.1) is 11.6 Å². The van der Waals surface area contributed by atoms with Gasteiger partial charge in [0, 0.05) is 30.3 Å². The Balaban J connectivity index is 0.611. The number of hydrogen-bond donors (Lipinski definition) is 0.